The van der Waals surface area contributed by atoms with Crippen molar-refractivity contribution in [3.63, 3.8) is 0 Å². The molecule has 13 heavy (non-hydrogen) atoms. The molecule has 2 aromatic heterocycles. The van der Waals surface area contributed by atoms with Crippen molar-refractivity contribution >= 4 is 22.9 Å². The van der Waals surface area contributed by atoms with Gasteiger partial charge in [0.1, 0.15) is 5.38 Å². The number of rotatable bonds is 2. The lowest BCUT2D eigenvalue weighted by atomic mass is 10.4. The van der Waals surface area contributed by atoms with E-state index in [1.54, 1.807) is 17.5 Å². The summed E-state index contributed by atoms with van der Waals surface area (Å²) in [4.78, 5) is 5.16. The van der Waals surface area contributed by atoms with E-state index < -0.39 is 0 Å². The minimum Gasteiger partial charge on any atom is -0.438 e. The largest absolute Gasteiger partial charge is 0.438 e. The maximum atomic E-state index is 5.83. The highest BCUT2D eigenvalue weighted by Gasteiger charge is 2.10. The van der Waals surface area contributed by atoms with Gasteiger partial charge in [-0.05, 0) is 18.4 Å². The molecule has 0 bridgehead atoms. The highest BCUT2D eigenvalue weighted by molar-refractivity contribution is 7.13. The van der Waals surface area contributed by atoms with E-state index >= 15 is 0 Å². The summed E-state index contributed by atoms with van der Waals surface area (Å²) in [5, 5.41) is 1.83. The Bertz CT molecular complexity index is 380. The van der Waals surface area contributed by atoms with Crippen molar-refractivity contribution in [3.05, 3.63) is 29.6 Å². The fourth-order valence-corrected chi connectivity index (χ4v) is 1.78. The molecule has 0 spiro atoms. The number of alkyl halides is 1. The van der Waals surface area contributed by atoms with Gasteiger partial charge in [-0.15, -0.1) is 22.9 Å². The lowest BCUT2D eigenvalue weighted by Gasteiger charge is -1.93. The Morgan fingerprint density at radius 2 is 2.46 bits per heavy atom. The van der Waals surface area contributed by atoms with Crippen LogP contribution in [-0.2, 0) is 0 Å². The molecule has 2 rings (SSSR count). The van der Waals surface area contributed by atoms with Crippen LogP contribution < -0.4 is 0 Å². The first-order chi connectivity index (χ1) is 6.27. The second kappa shape index (κ2) is 3.52. The van der Waals surface area contributed by atoms with Crippen LogP contribution >= 0.6 is 22.9 Å². The molecule has 0 fully saturated rings. The van der Waals surface area contributed by atoms with E-state index in [0.29, 0.717) is 5.89 Å². The van der Waals surface area contributed by atoms with Crippen molar-refractivity contribution in [2.75, 3.05) is 0 Å². The second-order valence-corrected chi connectivity index (χ2v) is 4.26. The predicted molar refractivity (Wildman–Crippen MR) is 54.1 cm³/mol. The SMILES string of the molecule is CC(Cl)c1ncc(-c2cccs2)o1. The quantitative estimate of drug-likeness (QED) is 0.711. The normalized spacial score (nSPS) is 13.1. The lowest BCUT2D eigenvalue weighted by Crippen LogP contribution is -1.80. The average Bonchev–Trinajstić information content (AvgIpc) is 2.75. The van der Waals surface area contributed by atoms with E-state index in [2.05, 4.69) is 4.98 Å². The molecule has 0 saturated heterocycles. The molecule has 0 aliphatic rings. The van der Waals surface area contributed by atoms with Crippen molar-refractivity contribution in [1.82, 2.24) is 4.98 Å². The Kier molecular flexibility index (Phi) is 2.38. The van der Waals surface area contributed by atoms with Crippen molar-refractivity contribution in [1.29, 1.82) is 0 Å². The molecule has 0 N–H and O–H groups in total. The van der Waals surface area contributed by atoms with Gasteiger partial charge in [0.15, 0.2) is 5.76 Å². The Hall–Kier alpha value is -0.800. The van der Waals surface area contributed by atoms with E-state index in [4.69, 9.17) is 16.0 Å². The molecule has 4 heteroatoms. The molecular weight excluding hydrogens is 206 g/mol. The van der Waals surface area contributed by atoms with Crippen LogP contribution in [0.3, 0.4) is 0 Å². The predicted octanol–water partition coefficient (Wildman–Crippen LogP) is 3.70. The Morgan fingerprint density at radius 1 is 1.62 bits per heavy atom. The van der Waals surface area contributed by atoms with E-state index in [1.807, 2.05) is 24.4 Å². The van der Waals surface area contributed by atoms with Crippen molar-refractivity contribution in [2.24, 2.45) is 0 Å². The molecule has 68 valence electrons. The Morgan fingerprint density at radius 3 is 3.00 bits per heavy atom. The van der Waals surface area contributed by atoms with Gasteiger partial charge < -0.3 is 4.42 Å². The van der Waals surface area contributed by atoms with Gasteiger partial charge in [-0.3, -0.25) is 0 Å². The molecule has 0 saturated carbocycles. The average molecular weight is 214 g/mol. The standard InChI is InChI=1S/C9H8ClNOS/c1-6(10)9-11-5-7(12-9)8-3-2-4-13-8/h2-6H,1H3. The van der Waals surface area contributed by atoms with Gasteiger partial charge >= 0.3 is 0 Å². The van der Waals surface area contributed by atoms with Crippen LogP contribution in [0.25, 0.3) is 10.6 Å². The van der Waals surface area contributed by atoms with Gasteiger partial charge in [-0.2, -0.15) is 0 Å². The highest BCUT2D eigenvalue weighted by atomic mass is 35.5. The Balaban J connectivity index is 2.33. The molecule has 0 aromatic carbocycles. The minimum absolute atomic E-state index is 0.172. The molecular formula is C9H8ClNOS. The zero-order valence-corrected chi connectivity index (χ0v) is 8.60. The lowest BCUT2D eigenvalue weighted by molar-refractivity contribution is 0.509. The molecule has 0 amide bonds. The third kappa shape index (κ3) is 1.76. The Labute approximate surface area is 85.2 Å². The highest BCUT2D eigenvalue weighted by Crippen LogP contribution is 2.28. The summed E-state index contributed by atoms with van der Waals surface area (Å²) in [6.07, 6.45) is 1.71. The maximum Gasteiger partial charge on any atom is 0.212 e. The number of oxazole rings is 1. The van der Waals surface area contributed by atoms with Crippen LogP contribution in [0.15, 0.2) is 28.1 Å². The summed E-state index contributed by atoms with van der Waals surface area (Å²) in [5.41, 5.74) is 0. The first kappa shape index (κ1) is 8.78. The van der Waals surface area contributed by atoms with Crippen LogP contribution in [0, 0.1) is 0 Å². The van der Waals surface area contributed by atoms with E-state index in [0.717, 1.165) is 10.6 Å². The third-order valence-electron chi connectivity index (χ3n) is 1.63. The molecule has 0 aliphatic heterocycles. The number of thiophene rings is 1. The molecule has 2 aromatic rings. The summed E-state index contributed by atoms with van der Waals surface area (Å²) < 4.78 is 5.46. The molecule has 1 unspecified atom stereocenters. The molecule has 0 radical (unpaired) electrons. The number of hydrogen-bond acceptors (Lipinski definition) is 3. The van der Waals surface area contributed by atoms with Crippen LogP contribution in [0.2, 0.25) is 0 Å². The zero-order valence-electron chi connectivity index (χ0n) is 7.03. The summed E-state index contributed by atoms with van der Waals surface area (Å²) in [7, 11) is 0. The summed E-state index contributed by atoms with van der Waals surface area (Å²) in [6.45, 7) is 1.84. The smallest absolute Gasteiger partial charge is 0.212 e. The van der Waals surface area contributed by atoms with Gasteiger partial charge in [0.2, 0.25) is 5.89 Å². The van der Waals surface area contributed by atoms with Crippen molar-refractivity contribution in [2.45, 2.75) is 12.3 Å². The number of halogens is 1. The molecule has 1 atom stereocenters. The van der Waals surface area contributed by atoms with Gasteiger partial charge in [0.25, 0.3) is 0 Å². The fraction of sp³-hybridized carbons (Fsp3) is 0.222. The summed E-state index contributed by atoms with van der Waals surface area (Å²) in [6, 6.07) is 3.97. The second-order valence-electron chi connectivity index (χ2n) is 2.66. The third-order valence-corrected chi connectivity index (χ3v) is 2.70. The van der Waals surface area contributed by atoms with Crippen molar-refractivity contribution < 1.29 is 4.42 Å². The summed E-state index contributed by atoms with van der Waals surface area (Å²) in [5.74, 6) is 1.36. The van der Waals surface area contributed by atoms with E-state index in [1.165, 1.54) is 0 Å². The van der Waals surface area contributed by atoms with Crippen LogP contribution in [0.1, 0.15) is 18.2 Å². The monoisotopic (exact) mass is 213 g/mol. The van der Waals surface area contributed by atoms with E-state index in [9.17, 15) is 0 Å². The fourth-order valence-electron chi connectivity index (χ4n) is 1.00. The van der Waals surface area contributed by atoms with Crippen molar-refractivity contribution in [3.8, 4) is 10.6 Å². The molecule has 2 nitrogen and oxygen atoms in total. The topological polar surface area (TPSA) is 26.0 Å². The first-order valence-corrected chi connectivity index (χ1v) is 5.22. The zero-order chi connectivity index (χ0) is 9.26. The first-order valence-electron chi connectivity index (χ1n) is 3.91. The minimum atomic E-state index is -0.172. The van der Waals surface area contributed by atoms with Gasteiger partial charge in [-0.1, -0.05) is 6.07 Å². The summed E-state index contributed by atoms with van der Waals surface area (Å²) >= 11 is 7.45. The number of nitrogens with zero attached hydrogens (tertiary/aromatic N) is 1. The van der Waals surface area contributed by atoms with Crippen LogP contribution in [0.5, 0.6) is 0 Å². The van der Waals surface area contributed by atoms with Crippen LogP contribution in [-0.4, -0.2) is 4.98 Å². The van der Waals surface area contributed by atoms with Crippen LogP contribution in [0.4, 0.5) is 0 Å². The van der Waals surface area contributed by atoms with Gasteiger partial charge in [0.05, 0.1) is 11.1 Å². The maximum absolute atomic E-state index is 5.83. The van der Waals surface area contributed by atoms with E-state index in [-0.39, 0.29) is 5.38 Å². The number of aromatic nitrogens is 1. The van der Waals surface area contributed by atoms with Gasteiger partial charge in [-0.25, -0.2) is 4.98 Å². The van der Waals surface area contributed by atoms with Gasteiger partial charge in [0, 0.05) is 0 Å². The molecule has 2 heterocycles. The molecule has 0 aliphatic carbocycles. The number of hydrogen-bond donors (Lipinski definition) is 0.